The summed E-state index contributed by atoms with van der Waals surface area (Å²) < 4.78 is 23.1. The lowest BCUT2D eigenvalue weighted by Crippen LogP contribution is -2.36. The van der Waals surface area contributed by atoms with Gasteiger partial charge in [0.05, 0.1) is 11.5 Å². The Balaban J connectivity index is 1.74. The van der Waals surface area contributed by atoms with Gasteiger partial charge in [0.2, 0.25) is 5.91 Å². The van der Waals surface area contributed by atoms with Gasteiger partial charge in [-0.05, 0) is 17.5 Å². The van der Waals surface area contributed by atoms with E-state index in [2.05, 4.69) is 5.32 Å². The number of carbonyl (C=O) groups is 1. The van der Waals surface area contributed by atoms with Crippen LogP contribution in [-0.4, -0.2) is 31.9 Å². The van der Waals surface area contributed by atoms with E-state index in [-0.39, 0.29) is 29.4 Å². The lowest BCUT2D eigenvalue weighted by Gasteiger charge is -2.19. The fourth-order valence-electron chi connectivity index (χ4n) is 3.18. The van der Waals surface area contributed by atoms with E-state index in [1.807, 2.05) is 60.7 Å². The van der Waals surface area contributed by atoms with E-state index < -0.39 is 9.84 Å². The molecule has 2 aromatic rings. The molecule has 1 N–H and O–H groups in total. The van der Waals surface area contributed by atoms with E-state index in [0.29, 0.717) is 12.8 Å². The first-order valence-electron chi connectivity index (χ1n) is 8.13. The normalized spacial score (nSPS) is 19.3. The largest absolute Gasteiger partial charge is 0.352 e. The van der Waals surface area contributed by atoms with Gasteiger partial charge in [0.25, 0.3) is 0 Å². The second-order valence-electron chi connectivity index (χ2n) is 6.25. The first-order valence-corrected chi connectivity index (χ1v) is 9.95. The molecular weight excluding hydrogens is 322 g/mol. The summed E-state index contributed by atoms with van der Waals surface area (Å²) in [7, 11) is -2.99. The van der Waals surface area contributed by atoms with Gasteiger partial charge in [0.15, 0.2) is 9.84 Å². The maximum Gasteiger partial charge on any atom is 0.221 e. The lowest BCUT2D eigenvalue weighted by atomic mass is 9.88. The lowest BCUT2D eigenvalue weighted by molar-refractivity contribution is -0.121. The van der Waals surface area contributed by atoms with Crippen LogP contribution < -0.4 is 5.32 Å². The fraction of sp³-hybridized carbons (Fsp3) is 0.316. The highest BCUT2D eigenvalue weighted by atomic mass is 32.2. The number of hydrogen-bond acceptors (Lipinski definition) is 3. The van der Waals surface area contributed by atoms with Crippen molar-refractivity contribution >= 4 is 15.7 Å². The van der Waals surface area contributed by atoms with Crippen LogP contribution >= 0.6 is 0 Å². The second kappa shape index (κ2) is 7.18. The first kappa shape index (κ1) is 16.7. The van der Waals surface area contributed by atoms with Crippen LogP contribution in [0.5, 0.6) is 0 Å². The predicted molar refractivity (Wildman–Crippen MR) is 94.5 cm³/mol. The van der Waals surface area contributed by atoms with Crippen molar-refractivity contribution in [3.05, 3.63) is 71.8 Å². The standard InChI is InChI=1S/C19H21NO3S/c21-19(20-17-11-12-24(22,23)14-17)13-18(15-7-3-1-4-8-15)16-9-5-2-6-10-16/h1-10,17-18H,11-14H2,(H,20,21). The summed E-state index contributed by atoms with van der Waals surface area (Å²) in [5.74, 6) is 0.0824. The summed E-state index contributed by atoms with van der Waals surface area (Å²) in [6, 6.07) is 19.6. The number of benzene rings is 2. The van der Waals surface area contributed by atoms with Gasteiger partial charge in [0, 0.05) is 18.4 Å². The van der Waals surface area contributed by atoms with Crippen LogP contribution in [0.25, 0.3) is 0 Å². The molecule has 0 aliphatic carbocycles. The average Bonchev–Trinajstić information content (AvgIpc) is 2.93. The molecule has 4 nitrogen and oxygen atoms in total. The summed E-state index contributed by atoms with van der Waals surface area (Å²) >= 11 is 0. The molecule has 0 aromatic heterocycles. The zero-order valence-corrected chi connectivity index (χ0v) is 14.2. The highest BCUT2D eigenvalue weighted by Gasteiger charge is 2.29. The molecule has 0 spiro atoms. The van der Waals surface area contributed by atoms with Crippen molar-refractivity contribution in [2.24, 2.45) is 0 Å². The molecule has 1 amide bonds. The Labute approximate surface area is 142 Å². The van der Waals surface area contributed by atoms with Gasteiger partial charge in [0.1, 0.15) is 0 Å². The highest BCUT2D eigenvalue weighted by Crippen LogP contribution is 2.28. The monoisotopic (exact) mass is 343 g/mol. The number of amides is 1. The third-order valence-electron chi connectivity index (χ3n) is 4.39. The molecule has 1 atom stereocenters. The summed E-state index contributed by atoms with van der Waals surface area (Å²) in [4.78, 5) is 12.5. The van der Waals surface area contributed by atoms with Crippen molar-refractivity contribution in [1.82, 2.24) is 5.32 Å². The van der Waals surface area contributed by atoms with Crippen molar-refractivity contribution < 1.29 is 13.2 Å². The molecular formula is C19H21NO3S. The number of hydrogen-bond donors (Lipinski definition) is 1. The quantitative estimate of drug-likeness (QED) is 0.907. The van der Waals surface area contributed by atoms with E-state index in [1.54, 1.807) is 0 Å². The Morgan fingerprint density at radius 2 is 1.54 bits per heavy atom. The molecule has 1 saturated heterocycles. The molecule has 0 saturated carbocycles. The summed E-state index contributed by atoms with van der Waals surface area (Å²) in [6.45, 7) is 0. The Morgan fingerprint density at radius 3 is 2.00 bits per heavy atom. The Morgan fingerprint density at radius 1 is 1.00 bits per heavy atom. The van der Waals surface area contributed by atoms with Crippen LogP contribution in [0.15, 0.2) is 60.7 Å². The van der Waals surface area contributed by atoms with Gasteiger partial charge in [-0.3, -0.25) is 4.79 Å². The second-order valence-corrected chi connectivity index (χ2v) is 8.47. The zero-order chi connectivity index (χ0) is 17.0. The summed E-state index contributed by atoms with van der Waals surface area (Å²) in [6.07, 6.45) is 0.819. The van der Waals surface area contributed by atoms with E-state index in [4.69, 9.17) is 0 Å². The van der Waals surface area contributed by atoms with Gasteiger partial charge in [-0.15, -0.1) is 0 Å². The van der Waals surface area contributed by atoms with Gasteiger partial charge >= 0.3 is 0 Å². The average molecular weight is 343 g/mol. The van der Waals surface area contributed by atoms with E-state index in [0.717, 1.165) is 11.1 Å². The molecule has 2 aromatic carbocycles. The Bertz CT molecular complexity index is 748. The van der Waals surface area contributed by atoms with Crippen LogP contribution in [0.4, 0.5) is 0 Å². The molecule has 1 heterocycles. The molecule has 24 heavy (non-hydrogen) atoms. The van der Waals surface area contributed by atoms with Gasteiger partial charge < -0.3 is 5.32 Å². The molecule has 1 unspecified atom stereocenters. The van der Waals surface area contributed by atoms with Gasteiger partial charge in [-0.25, -0.2) is 8.42 Å². The van der Waals surface area contributed by atoms with Crippen molar-refractivity contribution in [1.29, 1.82) is 0 Å². The van der Waals surface area contributed by atoms with E-state index >= 15 is 0 Å². The van der Waals surface area contributed by atoms with Crippen LogP contribution in [0.2, 0.25) is 0 Å². The fourth-order valence-corrected chi connectivity index (χ4v) is 4.85. The van der Waals surface area contributed by atoms with Crippen molar-refractivity contribution in [2.45, 2.75) is 24.8 Å². The van der Waals surface area contributed by atoms with Gasteiger partial charge in [-0.2, -0.15) is 0 Å². The minimum absolute atomic E-state index is 0.0367. The van der Waals surface area contributed by atoms with E-state index in [9.17, 15) is 13.2 Å². The van der Waals surface area contributed by atoms with Crippen molar-refractivity contribution in [3.63, 3.8) is 0 Å². The topological polar surface area (TPSA) is 63.2 Å². The Kier molecular flexibility index (Phi) is 5.00. The molecule has 1 fully saturated rings. The molecule has 0 bridgehead atoms. The summed E-state index contributed by atoms with van der Waals surface area (Å²) in [5, 5.41) is 2.89. The van der Waals surface area contributed by atoms with Crippen LogP contribution in [0.3, 0.4) is 0 Å². The summed E-state index contributed by atoms with van der Waals surface area (Å²) in [5.41, 5.74) is 2.16. The number of nitrogens with one attached hydrogen (secondary N) is 1. The highest BCUT2D eigenvalue weighted by molar-refractivity contribution is 7.91. The molecule has 0 radical (unpaired) electrons. The third-order valence-corrected chi connectivity index (χ3v) is 6.16. The van der Waals surface area contributed by atoms with Crippen molar-refractivity contribution in [3.8, 4) is 0 Å². The zero-order valence-electron chi connectivity index (χ0n) is 13.4. The van der Waals surface area contributed by atoms with Crippen LogP contribution in [-0.2, 0) is 14.6 Å². The molecule has 3 rings (SSSR count). The molecule has 5 heteroatoms. The number of rotatable bonds is 5. The minimum Gasteiger partial charge on any atom is -0.352 e. The van der Waals surface area contributed by atoms with Crippen LogP contribution in [0, 0.1) is 0 Å². The number of sulfone groups is 1. The Hall–Kier alpha value is -2.14. The third kappa shape index (κ3) is 4.23. The number of carbonyl (C=O) groups excluding carboxylic acids is 1. The first-order chi connectivity index (χ1) is 11.5. The predicted octanol–water partition coefficient (Wildman–Crippen LogP) is 2.51. The molecule has 1 aliphatic rings. The van der Waals surface area contributed by atoms with Gasteiger partial charge in [-0.1, -0.05) is 60.7 Å². The minimum atomic E-state index is -2.99. The molecule has 126 valence electrons. The maximum atomic E-state index is 12.5. The maximum absolute atomic E-state index is 12.5. The molecule has 1 aliphatic heterocycles. The van der Waals surface area contributed by atoms with Crippen molar-refractivity contribution in [2.75, 3.05) is 11.5 Å². The SMILES string of the molecule is O=C(CC(c1ccccc1)c1ccccc1)NC1CCS(=O)(=O)C1. The van der Waals surface area contributed by atoms with E-state index in [1.165, 1.54) is 0 Å². The van der Waals surface area contributed by atoms with Crippen LogP contribution in [0.1, 0.15) is 29.9 Å². The smallest absolute Gasteiger partial charge is 0.221 e.